The van der Waals surface area contributed by atoms with Gasteiger partial charge >= 0.3 is 5.97 Å². The van der Waals surface area contributed by atoms with Gasteiger partial charge in [-0.25, -0.2) is 9.78 Å². The van der Waals surface area contributed by atoms with Crippen molar-refractivity contribution in [3.05, 3.63) is 50.8 Å². The minimum atomic E-state index is -1.87. The predicted octanol–water partition coefficient (Wildman–Crippen LogP) is 2.12. The number of ether oxygens (including phenoxy) is 5. The lowest BCUT2D eigenvalue weighted by Crippen LogP contribution is -2.44. The van der Waals surface area contributed by atoms with E-state index in [0.717, 1.165) is 41.3 Å². The van der Waals surface area contributed by atoms with E-state index in [0.29, 0.717) is 73.5 Å². The molecule has 11 heteroatoms. The molecule has 2 aromatic heterocycles. The molecular weight excluding hydrogens is 518 g/mol. The number of nitrogens with zero attached hydrogens (tertiary/aromatic N) is 2. The van der Waals surface area contributed by atoms with Crippen molar-refractivity contribution < 1.29 is 33.6 Å². The molecule has 1 aromatic carbocycles. The normalized spacial score (nSPS) is 18.5. The molecule has 0 aliphatic carbocycles. The second-order valence-electron chi connectivity index (χ2n) is 10.2. The van der Waals surface area contributed by atoms with E-state index in [1.165, 1.54) is 0 Å². The second kappa shape index (κ2) is 10.8. The van der Waals surface area contributed by atoms with Crippen molar-refractivity contribution in [1.82, 2.24) is 9.55 Å². The van der Waals surface area contributed by atoms with Crippen LogP contribution in [0.1, 0.15) is 48.4 Å². The molecule has 0 saturated carbocycles. The molecule has 0 fully saturated rings. The molecular formula is C29H33N3O8. The van der Waals surface area contributed by atoms with E-state index >= 15 is 0 Å². The zero-order valence-electron chi connectivity index (χ0n) is 22.5. The third-order valence-corrected chi connectivity index (χ3v) is 7.90. The highest BCUT2D eigenvalue weighted by Gasteiger charge is 2.45. The van der Waals surface area contributed by atoms with Crippen LogP contribution in [0.15, 0.2) is 23.0 Å². The van der Waals surface area contributed by atoms with Gasteiger partial charge in [-0.3, -0.25) is 4.79 Å². The van der Waals surface area contributed by atoms with Crippen molar-refractivity contribution >= 4 is 16.9 Å². The Morgan fingerprint density at radius 2 is 1.80 bits per heavy atom. The van der Waals surface area contributed by atoms with Gasteiger partial charge in [-0.2, -0.15) is 0 Å². The van der Waals surface area contributed by atoms with Crippen LogP contribution < -0.4 is 20.8 Å². The van der Waals surface area contributed by atoms with Crippen LogP contribution >= 0.6 is 0 Å². The van der Waals surface area contributed by atoms with E-state index in [1.807, 2.05) is 12.1 Å². The maximum Gasteiger partial charge on any atom is 0.343 e. The van der Waals surface area contributed by atoms with Crippen LogP contribution in [0.4, 0.5) is 0 Å². The monoisotopic (exact) mass is 551 g/mol. The molecule has 0 spiro atoms. The number of fused-ring (bicyclic) bond motifs is 6. The molecule has 0 saturated heterocycles. The standard InChI is InChI=1S/C29H33N3O8/c1-2-29(35)21-12-23-26-19(14-32(23)27(33)20(21)15-38-28(29)34)17(5-3-4-7-36-9-10-37-8-6-30)18-11-24-25(40-16-39-24)13-22(18)31-26/h11-13,35H,2-10,14-16,30H2,1H3/t29-/m0/s1. The topological polar surface area (TPSA) is 144 Å². The number of aliphatic hydroxyl groups is 1. The quantitative estimate of drug-likeness (QED) is 0.210. The number of hydrogen-bond donors (Lipinski definition) is 2. The molecule has 1 atom stereocenters. The molecule has 0 amide bonds. The van der Waals surface area contributed by atoms with Gasteiger partial charge < -0.3 is 39.1 Å². The molecule has 40 heavy (non-hydrogen) atoms. The van der Waals surface area contributed by atoms with Crippen molar-refractivity contribution in [1.29, 1.82) is 0 Å². The van der Waals surface area contributed by atoms with Gasteiger partial charge in [0.05, 0.1) is 48.8 Å². The lowest BCUT2D eigenvalue weighted by Gasteiger charge is -2.31. The largest absolute Gasteiger partial charge is 0.458 e. The van der Waals surface area contributed by atoms with Crippen molar-refractivity contribution in [2.45, 2.75) is 51.4 Å². The summed E-state index contributed by atoms with van der Waals surface area (Å²) in [7, 11) is 0. The van der Waals surface area contributed by atoms with Gasteiger partial charge in [-0.15, -0.1) is 0 Å². The number of esters is 1. The van der Waals surface area contributed by atoms with Crippen LogP contribution in [0.3, 0.4) is 0 Å². The Morgan fingerprint density at radius 3 is 2.58 bits per heavy atom. The highest BCUT2D eigenvalue weighted by Crippen LogP contribution is 2.43. The lowest BCUT2D eigenvalue weighted by atomic mass is 9.86. The first-order valence-electron chi connectivity index (χ1n) is 13.7. The van der Waals surface area contributed by atoms with Crippen LogP contribution in [-0.4, -0.2) is 60.4 Å². The van der Waals surface area contributed by atoms with E-state index in [4.69, 9.17) is 34.4 Å². The zero-order valence-corrected chi connectivity index (χ0v) is 22.5. The Balaban J connectivity index is 1.35. The number of pyridine rings is 2. The number of hydrogen-bond acceptors (Lipinski definition) is 10. The van der Waals surface area contributed by atoms with Crippen molar-refractivity contribution in [2.24, 2.45) is 5.73 Å². The first kappa shape index (κ1) is 26.7. The van der Waals surface area contributed by atoms with Crippen molar-refractivity contribution in [2.75, 3.05) is 39.8 Å². The van der Waals surface area contributed by atoms with E-state index in [-0.39, 0.29) is 25.4 Å². The van der Waals surface area contributed by atoms with Gasteiger partial charge in [0.15, 0.2) is 17.1 Å². The van der Waals surface area contributed by atoms with Crippen LogP contribution in [0.2, 0.25) is 0 Å². The molecule has 0 bridgehead atoms. The average molecular weight is 552 g/mol. The number of cyclic esters (lactones) is 1. The summed E-state index contributed by atoms with van der Waals surface area (Å²) >= 11 is 0. The Hall–Kier alpha value is -3.51. The fraction of sp³-hybridized carbons (Fsp3) is 0.483. The molecule has 212 valence electrons. The number of unbranched alkanes of at least 4 members (excludes halogenated alkanes) is 1. The van der Waals surface area contributed by atoms with Gasteiger partial charge in [0.25, 0.3) is 5.56 Å². The SMILES string of the molecule is CC[C@@]1(O)C(=O)OCc2c1cc1n(c2=O)Cc2c-1nc1cc3c(cc1c2CCCCOCCOCCN)OCO3. The van der Waals surface area contributed by atoms with Crippen LogP contribution in [0, 0.1) is 0 Å². The second-order valence-corrected chi connectivity index (χ2v) is 10.2. The van der Waals surface area contributed by atoms with Crippen LogP contribution in [-0.2, 0) is 44.2 Å². The highest BCUT2D eigenvalue weighted by molar-refractivity contribution is 5.91. The summed E-state index contributed by atoms with van der Waals surface area (Å²) in [6.45, 7) is 4.71. The van der Waals surface area contributed by atoms with Crippen LogP contribution in [0.25, 0.3) is 22.3 Å². The minimum Gasteiger partial charge on any atom is -0.458 e. The van der Waals surface area contributed by atoms with Gasteiger partial charge in [0.2, 0.25) is 6.79 Å². The molecule has 3 N–H and O–H groups in total. The molecule has 3 aromatic rings. The van der Waals surface area contributed by atoms with Gasteiger partial charge in [-0.05, 0) is 43.4 Å². The fourth-order valence-electron chi connectivity index (χ4n) is 5.75. The minimum absolute atomic E-state index is 0.0929. The summed E-state index contributed by atoms with van der Waals surface area (Å²) in [4.78, 5) is 31.1. The smallest absolute Gasteiger partial charge is 0.343 e. The summed E-state index contributed by atoms with van der Waals surface area (Å²) in [5.41, 5.74) is 7.92. The van der Waals surface area contributed by atoms with E-state index in [2.05, 4.69) is 0 Å². The maximum absolute atomic E-state index is 13.6. The summed E-state index contributed by atoms with van der Waals surface area (Å²) in [5.74, 6) is 0.557. The number of nitrogens with two attached hydrogens (primary N) is 1. The molecule has 0 radical (unpaired) electrons. The molecule has 5 heterocycles. The van der Waals surface area contributed by atoms with E-state index in [9.17, 15) is 14.7 Å². The zero-order chi connectivity index (χ0) is 27.9. The summed E-state index contributed by atoms with van der Waals surface area (Å²) in [6.07, 6.45) is 2.56. The Labute approximate surface area is 230 Å². The van der Waals surface area contributed by atoms with E-state index < -0.39 is 11.6 Å². The summed E-state index contributed by atoms with van der Waals surface area (Å²) in [5, 5.41) is 12.1. The number of aromatic nitrogens is 2. The summed E-state index contributed by atoms with van der Waals surface area (Å²) in [6, 6.07) is 5.57. The maximum atomic E-state index is 13.6. The predicted molar refractivity (Wildman–Crippen MR) is 144 cm³/mol. The van der Waals surface area contributed by atoms with Crippen molar-refractivity contribution in [3.63, 3.8) is 0 Å². The summed E-state index contributed by atoms with van der Waals surface area (Å²) < 4.78 is 29.2. The molecule has 11 nitrogen and oxygen atoms in total. The first-order valence-corrected chi connectivity index (χ1v) is 13.7. The molecule has 0 unspecified atom stereocenters. The first-order chi connectivity index (χ1) is 19.5. The molecule has 3 aliphatic rings. The average Bonchev–Trinajstić information content (AvgIpc) is 3.57. The highest BCUT2D eigenvalue weighted by atomic mass is 16.7. The van der Waals surface area contributed by atoms with Gasteiger partial charge in [0.1, 0.15) is 6.61 Å². The fourth-order valence-corrected chi connectivity index (χ4v) is 5.75. The van der Waals surface area contributed by atoms with Crippen molar-refractivity contribution in [3.8, 4) is 22.9 Å². The number of benzene rings is 1. The lowest BCUT2D eigenvalue weighted by molar-refractivity contribution is -0.172. The third kappa shape index (κ3) is 4.43. The Bertz CT molecular complexity index is 1530. The molecule has 3 aliphatic heterocycles. The Morgan fingerprint density at radius 1 is 1.02 bits per heavy atom. The van der Waals surface area contributed by atoms with Gasteiger partial charge in [-0.1, -0.05) is 6.92 Å². The van der Waals surface area contributed by atoms with E-state index in [1.54, 1.807) is 17.6 Å². The number of carbonyl (C=O) groups is 1. The van der Waals surface area contributed by atoms with Crippen LogP contribution in [0.5, 0.6) is 11.5 Å². The number of carbonyl (C=O) groups excluding carboxylic acids is 1. The number of rotatable bonds is 11. The van der Waals surface area contributed by atoms with Gasteiger partial charge in [0, 0.05) is 35.7 Å². The number of aryl methyl sites for hydroxylation is 1. The molecule has 6 rings (SSSR count). The third-order valence-electron chi connectivity index (χ3n) is 7.90. The Kier molecular flexibility index (Phi) is 7.22.